The molecule has 1 aliphatic rings. The Labute approximate surface area is 174 Å². The second-order valence-electron chi connectivity index (χ2n) is 7.98. The smallest absolute Gasteiger partial charge is 0.241 e. The fourth-order valence-electron chi connectivity index (χ4n) is 4.24. The summed E-state index contributed by atoms with van der Waals surface area (Å²) in [6, 6.07) is 4.36. The molecular weight excluding hydrogens is 388 g/mol. The molecule has 4 nitrogen and oxygen atoms in total. The molecule has 0 bridgehead atoms. The molecule has 28 heavy (non-hydrogen) atoms. The number of sulfonamides is 1. The van der Waals surface area contributed by atoms with Crippen molar-refractivity contribution in [2.24, 2.45) is 0 Å². The Kier molecular flexibility index (Phi) is 6.65. The number of piperidine rings is 1. The van der Waals surface area contributed by atoms with E-state index < -0.39 is 10.0 Å². The second-order valence-corrected chi connectivity index (χ2v) is 10.7. The maximum Gasteiger partial charge on any atom is 0.241 e. The Morgan fingerprint density at radius 2 is 1.57 bits per heavy atom. The van der Waals surface area contributed by atoms with Crippen LogP contribution in [0.15, 0.2) is 22.4 Å². The first kappa shape index (κ1) is 21.5. The molecule has 0 saturated carbocycles. The van der Waals surface area contributed by atoms with Gasteiger partial charge in [-0.25, -0.2) is 13.1 Å². The predicted molar refractivity (Wildman–Crippen MR) is 118 cm³/mol. The zero-order valence-electron chi connectivity index (χ0n) is 17.6. The van der Waals surface area contributed by atoms with Crippen LogP contribution in [0.1, 0.15) is 51.5 Å². The van der Waals surface area contributed by atoms with Gasteiger partial charge >= 0.3 is 0 Å². The van der Waals surface area contributed by atoms with Crippen LogP contribution in [0.25, 0.3) is 0 Å². The summed E-state index contributed by atoms with van der Waals surface area (Å²) in [5, 5.41) is 2.15. The topological polar surface area (TPSA) is 49.4 Å². The third kappa shape index (κ3) is 4.35. The molecule has 0 spiro atoms. The Morgan fingerprint density at radius 1 is 1.00 bits per heavy atom. The highest BCUT2D eigenvalue weighted by atomic mass is 32.2. The molecule has 1 aromatic carbocycles. The summed E-state index contributed by atoms with van der Waals surface area (Å²) in [5.74, 6) is 0.664. The zero-order chi connectivity index (χ0) is 20.5. The molecule has 1 fully saturated rings. The van der Waals surface area contributed by atoms with Crippen LogP contribution >= 0.6 is 11.3 Å². The van der Waals surface area contributed by atoms with Crippen LogP contribution < -0.4 is 4.72 Å². The maximum atomic E-state index is 13.0. The number of rotatable bonds is 6. The third-order valence-electron chi connectivity index (χ3n) is 6.45. The van der Waals surface area contributed by atoms with Gasteiger partial charge in [0.25, 0.3) is 0 Å². The van der Waals surface area contributed by atoms with Gasteiger partial charge in [0.15, 0.2) is 0 Å². The monoisotopic (exact) mass is 420 g/mol. The average molecular weight is 421 g/mol. The molecule has 2 heterocycles. The summed E-state index contributed by atoms with van der Waals surface area (Å²) in [6.07, 6.45) is 2.31. The minimum absolute atomic E-state index is 0.455. The van der Waals surface area contributed by atoms with Crippen LogP contribution in [0.3, 0.4) is 0 Å². The Hall–Kier alpha value is -1.21. The van der Waals surface area contributed by atoms with E-state index >= 15 is 0 Å². The molecule has 1 saturated heterocycles. The molecule has 1 aliphatic heterocycles. The molecule has 0 radical (unpaired) electrons. The van der Waals surface area contributed by atoms with Crippen molar-refractivity contribution in [1.82, 2.24) is 9.62 Å². The molecule has 0 amide bonds. The van der Waals surface area contributed by atoms with Crippen molar-refractivity contribution in [3.8, 4) is 0 Å². The van der Waals surface area contributed by atoms with E-state index in [-0.39, 0.29) is 0 Å². The maximum absolute atomic E-state index is 13.0. The molecular formula is C22H32N2O2S2. The quantitative estimate of drug-likeness (QED) is 0.751. The summed E-state index contributed by atoms with van der Waals surface area (Å²) < 4.78 is 28.9. The van der Waals surface area contributed by atoms with Crippen molar-refractivity contribution in [3.63, 3.8) is 0 Å². The molecule has 0 atom stereocenters. The van der Waals surface area contributed by atoms with Gasteiger partial charge in [-0.15, -0.1) is 11.3 Å². The van der Waals surface area contributed by atoms with E-state index in [2.05, 4.69) is 34.1 Å². The van der Waals surface area contributed by atoms with Gasteiger partial charge in [-0.2, -0.15) is 0 Å². The summed E-state index contributed by atoms with van der Waals surface area (Å²) in [7, 11) is -3.51. The lowest BCUT2D eigenvalue weighted by molar-refractivity contribution is 0.217. The van der Waals surface area contributed by atoms with Crippen LogP contribution in [-0.2, 0) is 10.0 Å². The van der Waals surface area contributed by atoms with Crippen molar-refractivity contribution in [2.75, 3.05) is 26.2 Å². The lowest BCUT2D eigenvalue weighted by Gasteiger charge is -2.31. The summed E-state index contributed by atoms with van der Waals surface area (Å²) in [6.45, 7) is 13.2. The number of hydrogen-bond donors (Lipinski definition) is 1. The zero-order valence-corrected chi connectivity index (χ0v) is 19.3. The van der Waals surface area contributed by atoms with Gasteiger partial charge in [-0.1, -0.05) is 6.07 Å². The van der Waals surface area contributed by atoms with Gasteiger partial charge in [0, 0.05) is 18.0 Å². The van der Waals surface area contributed by atoms with Crippen LogP contribution in [0.5, 0.6) is 0 Å². The van der Waals surface area contributed by atoms with Crippen LogP contribution in [0.4, 0.5) is 0 Å². The molecule has 154 valence electrons. The lowest BCUT2D eigenvalue weighted by Crippen LogP contribution is -2.39. The SMILES string of the molecule is Cc1c(C)c(C)c(S(=O)(=O)NCCN2CCC(c3cccs3)CC2)c(C)c1C. The predicted octanol–water partition coefficient (Wildman–Crippen LogP) is 4.45. The summed E-state index contributed by atoms with van der Waals surface area (Å²) in [5.41, 5.74) is 5.05. The largest absolute Gasteiger partial charge is 0.302 e. The van der Waals surface area contributed by atoms with E-state index in [0.717, 1.165) is 54.7 Å². The van der Waals surface area contributed by atoms with Gasteiger partial charge in [0.05, 0.1) is 4.90 Å². The number of likely N-dealkylation sites (tertiary alicyclic amines) is 1. The molecule has 1 aromatic heterocycles. The highest BCUT2D eigenvalue weighted by Crippen LogP contribution is 2.31. The highest BCUT2D eigenvalue weighted by Gasteiger charge is 2.25. The minimum Gasteiger partial charge on any atom is -0.302 e. The van der Waals surface area contributed by atoms with Crippen molar-refractivity contribution >= 4 is 21.4 Å². The van der Waals surface area contributed by atoms with Gasteiger partial charge in [-0.3, -0.25) is 0 Å². The molecule has 1 N–H and O–H groups in total. The molecule has 0 unspecified atom stereocenters. The second kappa shape index (κ2) is 8.66. The van der Waals surface area contributed by atoms with Gasteiger partial charge in [0.1, 0.15) is 0 Å². The normalized spacial score (nSPS) is 16.6. The van der Waals surface area contributed by atoms with Crippen LogP contribution in [-0.4, -0.2) is 39.5 Å². The van der Waals surface area contributed by atoms with Crippen molar-refractivity contribution in [1.29, 1.82) is 0 Å². The molecule has 0 aliphatic carbocycles. The van der Waals surface area contributed by atoms with E-state index in [1.165, 1.54) is 10.4 Å². The molecule has 6 heteroatoms. The van der Waals surface area contributed by atoms with E-state index in [4.69, 9.17) is 0 Å². The first-order valence-corrected chi connectivity index (χ1v) is 12.4. The number of thiophene rings is 1. The fourth-order valence-corrected chi connectivity index (χ4v) is 6.76. The summed E-state index contributed by atoms with van der Waals surface area (Å²) >= 11 is 1.85. The number of hydrogen-bond acceptors (Lipinski definition) is 4. The van der Waals surface area contributed by atoms with Crippen LogP contribution in [0.2, 0.25) is 0 Å². The average Bonchev–Trinajstić information content (AvgIpc) is 3.20. The minimum atomic E-state index is -3.51. The van der Waals surface area contributed by atoms with E-state index in [1.54, 1.807) is 0 Å². The van der Waals surface area contributed by atoms with Gasteiger partial charge < -0.3 is 4.90 Å². The first-order chi connectivity index (χ1) is 13.2. The number of benzene rings is 1. The number of nitrogens with one attached hydrogen (secondary N) is 1. The van der Waals surface area contributed by atoms with Crippen molar-refractivity contribution in [3.05, 3.63) is 50.2 Å². The standard InChI is InChI=1S/C22H32N2O2S2/c1-15-16(2)18(4)22(19(5)17(15)3)28(25,26)23-10-13-24-11-8-20(9-12-24)21-7-6-14-27-21/h6-7,14,20,23H,8-13H2,1-5H3. The van der Waals surface area contributed by atoms with E-state index in [0.29, 0.717) is 17.4 Å². The van der Waals surface area contributed by atoms with Crippen LogP contribution in [0, 0.1) is 34.6 Å². The Morgan fingerprint density at radius 3 is 2.11 bits per heavy atom. The van der Waals surface area contributed by atoms with E-state index in [1.807, 2.05) is 39.0 Å². The van der Waals surface area contributed by atoms with Gasteiger partial charge in [-0.05, 0) is 106 Å². The Bertz CT molecular complexity index is 897. The molecule has 3 rings (SSSR count). The first-order valence-electron chi connectivity index (χ1n) is 10.0. The summed E-state index contributed by atoms with van der Waals surface area (Å²) in [4.78, 5) is 4.32. The lowest BCUT2D eigenvalue weighted by atomic mass is 9.95. The van der Waals surface area contributed by atoms with E-state index in [9.17, 15) is 8.42 Å². The molecule has 2 aromatic rings. The van der Waals surface area contributed by atoms with Crippen molar-refractivity contribution < 1.29 is 8.42 Å². The fraction of sp³-hybridized carbons (Fsp3) is 0.545. The highest BCUT2D eigenvalue weighted by molar-refractivity contribution is 7.89. The Balaban J connectivity index is 1.60. The number of nitrogens with zero attached hydrogens (tertiary/aromatic N) is 1. The van der Waals surface area contributed by atoms with Crippen molar-refractivity contribution in [2.45, 2.75) is 58.3 Å². The third-order valence-corrected chi connectivity index (χ3v) is 9.22. The van der Waals surface area contributed by atoms with Gasteiger partial charge in [0.2, 0.25) is 10.0 Å².